The summed E-state index contributed by atoms with van der Waals surface area (Å²) in [6.07, 6.45) is 0.313. The molecular formula is C24H26N2O6. The highest BCUT2D eigenvalue weighted by atomic mass is 16.5. The van der Waals surface area contributed by atoms with Gasteiger partial charge in [-0.05, 0) is 36.2 Å². The lowest BCUT2D eigenvalue weighted by atomic mass is 10.0. The summed E-state index contributed by atoms with van der Waals surface area (Å²) in [7, 11) is 1.72. The van der Waals surface area contributed by atoms with E-state index in [1.54, 1.807) is 36.2 Å². The van der Waals surface area contributed by atoms with Gasteiger partial charge in [0.15, 0.2) is 12.4 Å². The van der Waals surface area contributed by atoms with Crippen LogP contribution in [0.5, 0.6) is 5.75 Å². The number of nitrogens with zero attached hydrogens (tertiary/aromatic N) is 2. The summed E-state index contributed by atoms with van der Waals surface area (Å²) in [5, 5.41) is 19.7. The molecule has 8 heteroatoms. The highest BCUT2D eigenvalue weighted by Gasteiger charge is 2.30. The number of para-hydroxylation sites is 1. The Labute approximate surface area is 185 Å². The van der Waals surface area contributed by atoms with E-state index in [-0.39, 0.29) is 23.8 Å². The summed E-state index contributed by atoms with van der Waals surface area (Å²) >= 11 is 0. The molecule has 2 aromatic carbocycles. The molecule has 3 aromatic rings. The summed E-state index contributed by atoms with van der Waals surface area (Å²) in [5.74, 6) is -0.655. The summed E-state index contributed by atoms with van der Waals surface area (Å²) in [6, 6.07) is 15.9. The largest absolute Gasteiger partial charge is 0.482 e. The first-order valence-electron chi connectivity index (χ1n) is 10.5. The number of benzene rings is 2. The zero-order valence-corrected chi connectivity index (χ0v) is 17.8. The molecule has 1 aromatic heterocycles. The molecule has 2 N–H and O–H groups in total. The quantitative estimate of drug-likeness (QED) is 0.557. The monoisotopic (exact) mass is 438 g/mol. The minimum absolute atomic E-state index is 0.249. The number of ether oxygens (including phenoxy) is 1. The van der Waals surface area contributed by atoms with Gasteiger partial charge in [0, 0.05) is 32.1 Å². The number of carbonyl (C=O) groups excluding carboxylic acids is 1. The van der Waals surface area contributed by atoms with Gasteiger partial charge in [0.2, 0.25) is 0 Å². The number of carbonyl (C=O) groups is 2. The highest BCUT2D eigenvalue weighted by Crippen LogP contribution is 2.29. The second-order valence-corrected chi connectivity index (χ2v) is 8.04. The SMILES string of the molecule is CN(C(=O)c1cc2ccccc2o1)C(CN1CCC(O)C1)c1cccc(OCC(=O)O)c1. The van der Waals surface area contributed by atoms with Gasteiger partial charge in [-0.25, -0.2) is 4.79 Å². The van der Waals surface area contributed by atoms with Crippen LogP contribution >= 0.6 is 0 Å². The van der Waals surface area contributed by atoms with Crippen LogP contribution in [0.3, 0.4) is 0 Å². The lowest BCUT2D eigenvalue weighted by molar-refractivity contribution is -0.139. The van der Waals surface area contributed by atoms with Crippen molar-refractivity contribution in [1.82, 2.24) is 9.80 Å². The van der Waals surface area contributed by atoms with Crippen molar-refractivity contribution in [2.45, 2.75) is 18.6 Å². The van der Waals surface area contributed by atoms with Crippen molar-refractivity contribution in [2.24, 2.45) is 0 Å². The fourth-order valence-corrected chi connectivity index (χ4v) is 4.03. The van der Waals surface area contributed by atoms with E-state index in [2.05, 4.69) is 4.90 Å². The maximum atomic E-state index is 13.3. The number of aliphatic hydroxyl groups is 1. The first-order chi connectivity index (χ1) is 15.4. The van der Waals surface area contributed by atoms with Crippen molar-refractivity contribution < 1.29 is 29.0 Å². The van der Waals surface area contributed by atoms with E-state index in [9.17, 15) is 14.7 Å². The summed E-state index contributed by atoms with van der Waals surface area (Å²) < 4.78 is 11.1. The Bertz CT molecular complexity index is 1080. The topological polar surface area (TPSA) is 103 Å². The molecule has 1 saturated heterocycles. The van der Waals surface area contributed by atoms with Gasteiger partial charge in [-0.2, -0.15) is 0 Å². The number of fused-ring (bicyclic) bond motifs is 1. The van der Waals surface area contributed by atoms with E-state index in [0.29, 0.717) is 30.8 Å². The van der Waals surface area contributed by atoms with Crippen LogP contribution < -0.4 is 4.74 Å². The minimum Gasteiger partial charge on any atom is -0.482 e. The zero-order valence-electron chi connectivity index (χ0n) is 17.8. The van der Waals surface area contributed by atoms with Gasteiger partial charge >= 0.3 is 5.97 Å². The van der Waals surface area contributed by atoms with Crippen molar-refractivity contribution >= 4 is 22.8 Å². The third kappa shape index (κ3) is 4.92. The van der Waals surface area contributed by atoms with Crippen molar-refractivity contribution in [3.05, 3.63) is 65.9 Å². The lowest BCUT2D eigenvalue weighted by Gasteiger charge is -2.31. The average molecular weight is 438 g/mol. The average Bonchev–Trinajstić information content (AvgIpc) is 3.41. The molecule has 1 aliphatic rings. The number of furan rings is 1. The molecule has 0 radical (unpaired) electrons. The molecule has 2 heterocycles. The minimum atomic E-state index is -1.06. The van der Waals surface area contributed by atoms with Gasteiger partial charge in [0.25, 0.3) is 5.91 Å². The zero-order chi connectivity index (χ0) is 22.7. The normalized spacial score (nSPS) is 17.4. The van der Waals surface area contributed by atoms with E-state index < -0.39 is 12.6 Å². The Hall–Kier alpha value is -3.36. The fraction of sp³-hybridized carbons (Fsp3) is 0.333. The first-order valence-corrected chi connectivity index (χ1v) is 10.5. The predicted molar refractivity (Wildman–Crippen MR) is 118 cm³/mol. The van der Waals surface area contributed by atoms with Crippen LogP contribution in [0.25, 0.3) is 11.0 Å². The van der Waals surface area contributed by atoms with Crippen LogP contribution in [0, 0.1) is 0 Å². The third-order valence-corrected chi connectivity index (χ3v) is 5.71. The van der Waals surface area contributed by atoms with Crippen molar-refractivity contribution in [3.63, 3.8) is 0 Å². The van der Waals surface area contributed by atoms with E-state index >= 15 is 0 Å². The second kappa shape index (κ2) is 9.42. The summed E-state index contributed by atoms with van der Waals surface area (Å²) in [5.41, 5.74) is 1.45. The van der Waals surface area contributed by atoms with E-state index in [1.807, 2.05) is 30.3 Å². The van der Waals surface area contributed by atoms with E-state index in [4.69, 9.17) is 14.3 Å². The van der Waals surface area contributed by atoms with Crippen LogP contribution in [0.15, 0.2) is 59.0 Å². The molecule has 2 atom stereocenters. The molecule has 1 amide bonds. The Morgan fingerprint density at radius 3 is 2.75 bits per heavy atom. The standard InChI is InChI=1S/C24H26N2O6/c1-25(24(30)22-12-17-5-2-3-8-21(17)32-22)20(14-26-10-9-18(27)13-26)16-6-4-7-19(11-16)31-15-23(28)29/h2-8,11-12,18,20,27H,9-10,13-15H2,1H3,(H,28,29). The first kappa shape index (κ1) is 21.9. The molecule has 2 unspecified atom stereocenters. The number of β-amino-alcohol motifs (C(OH)–C–C–N with tert-alkyl or cyclic N) is 1. The van der Waals surface area contributed by atoms with Crippen LogP contribution in [-0.2, 0) is 4.79 Å². The maximum Gasteiger partial charge on any atom is 0.341 e. The van der Waals surface area contributed by atoms with Crippen LogP contribution in [0.2, 0.25) is 0 Å². The van der Waals surface area contributed by atoms with Gasteiger partial charge in [-0.1, -0.05) is 30.3 Å². The number of carboxylic acids is 1. The van der Waals surface area contributed by atoms with Gasteiger partial charge in [0.1, 0.15) is 11.3 Å². The van der Waals surface area contributed by atoms with E-state index in [0.717, 1.165) is 17.5 Å². The predicted octanol–water partition coefficient (Wildman–Crippen LogP) is 2.78. The maximum absolute atomic E-state index is 13.3. The Morgan fingerprint density at radius 1 is 1.22 bits per heavy atom. The molecule has 1 fully saturated rings. The molecule has 8 nitrogen and oxygen atoms in total. The number of aliphatic carboxylic acids is 1. The van der Waals surface area contributed by atoms with Crippen molar-refractivity contribution in [1.29, 1.82) is 0 Å². The molecule has 0 aliphatic carbocycles. The number of hydrogen-bond donors (Lipinski definition) is 2. The van der Waals surface area contributed by atoms with Crippen molar-refractivity contribution in [2.75, 3.05) is 33.3 Å². The molecule has 0 spiro atoms. The molecule has 0 saturated carbocycles. The fourth-order valence-electron chi connectivity index (χ4n) is 4.03. The number of carboxylic acid groups (broad SMARTS) is 1. The smallest absolute Gasteiger partial charge is 0.341 e. The van der Waals surface area contributed by atoms with Crippen LogP contribution in [0.4, 0.5) is 0 Å². The van der Waals surface area contributed by atoms with E-state index in [1.165, 1.54) is 0 Å². The second-order valence-electron chi connectivity index (χ2n) is 8.04. The molecule has 0 bridgehead atoms. The molecule has 1 aliphatic heterocycles. The Balaban J connectivity index is 1.61. The molecular weight excluding hydrogens is 412 g/mol. The number of likely N-dealkylation sites (tertiary alicyclic amines) is 1. The van der Waals surface area contributed by atoms with Crippen molar-refractivity contribution in [3.8, 4) is 5.75 Å². The third-order valence-electron chi connectivity index (χ3n) is 5.71. The number of hydrogen-bond acceptors (Lipinski definition) is 6. The highest BCUT2D eigenvalue weighted by molar-refractivity contribution is 5.96. The lowest BCUT2D eigenvalue weighted by Crippen LogP contribution is -2.39. The molecule has 32 heavy (non-hydrogen) atoms. The summed E-state index contributed by atoms with van der Waals surface area (Å²) in [4.78, 5) is 27.9. The van der Waals surface area contributed by atoms with Gasteiger partial charge < -0.3 is 24.3 Å². The van der Waals surface area contributed by atoms with Gasteiger partial charge in [-0.3, -0.25) is 9.69 Å². The number of aliphatic hydroxyl groups excluding tert-OH is 1. The van der Waals surface area contributed by atoms with Gasteiger partial charge in [0.05, 0.1) is 12.1 Å². The number of amides is 1. The molecule has 4 rings (SSSR count). The van der Waals surface area contributed by atoms with Crippen LogP contribution in [0.1, 0.15) is 28.6 Å². The molecule has 168 valence electrons. The van der Waals surface area contributed by atoms with Gasteiger partial charge in [-0.15, -0.1) is 0 Å². The van der Waals surface area contributed by atoms with Crippen LogP contribution in [-0.4, -0.2) is 71.3 Å². The Morgan fingerprint density at radius 2 is 2.03 bits per heavy atom. The summed E-state index contributed by atoms with van der Waals surface area (Å²) in [6.45, 7) is 1.35. The number of rotatable bonds is 8. The number of likely N-dealkylation sites (N-methyl/N-ethyl adjacent to an activating group) is 1. The Kier molecular flexibility index (Phi) is 6.43.